The lowest BCUT2D eigenvalue weighted by atomic mass is 10.1. The molecule has 3 rings (SSSR count). The van der Waals surface area contributed by atoms with Gasteiger partial charge in [0.25, 0.3) is 5.91 Å². The smallest absolute Gasteiger partial charge is 0.416 e. The Balaban J connectivity index is 1.78. The van der Waals surface area contributed by atoms with Crippen molar-refractivity contribution in [3.63, 3.8) is 0 Å². The molecule has 0 aliphatic carbocycles. The van der Waals surface area contributed by atoms with E-state index in [0.717, 1.165) is 6.07 Å². The van der Waals surface area contributed by atoms with Crippen LogP contribution in [0, 0.1) is 0 Å². The van der Waals surface area contributed by atoms with Gasteiger partial charge in [0.1, 0.15) is 12.6 Å². The average molecular weight is 550 g/mol. The fourth-order valence-corrected chi connectivity index (χ4v) is 4.66. The third-order valence-electron chi connectivity index (χ3n) is 5.04. The summed E-state index contributed by atoms with van der Waals surface area (Å²) in [6, 6.07) is 8.96. The molecule has 1 amide bonds. The number of alkyl halides is 3. The molecule has 36 heavy (non-hydrogen) atoms. The van der Waals surface area contributed by atoms with Crippen LogP contribution in [0.3, 0.4) is 0 Å². The maximum atomic E-state index is 13.1. The Hall–Kier alpha value is -3.20. The molecule has 1 saturated heterocycles. The molecule has 0 saturated carbocycles. The quantitative estimate of drug-likeness (QED) is 0.403. The molecule has 1 aliphatic heterocycles. The number of nitrogens with zero attached hydrogens (tertiary/aromatic N) is 1. The first-order chi connectivity index (χ1) is 16.8. The number of benzene rings is 2. The zero-order valence-electron chi connectivity index (χ0n) is 18.2. The van der Waals surface area contributed by atoms with E-state index in [0.29, 0.717) is 22.0 Å². The zero-order chi connectivity index (χ0) is 26.7. The van der Waals surface area contributed by atoms with Crippen LogP contribution < -0.4 is 10.0 Å². The van der Waals surface area contributed by atoms with Crippen LogP contribution in [-0.2, 0) is 48.7 Å². The summed E-state index contributed by atoms with van der Waals surface area (Å²) in [7, 11) is -4.57. The number of esters is 1. The second-order valence-electron chi connectivity index (χ2n) is 7.63. The van der Waals surface area contributed by atoms with E-state index in [4.69, 9.17) is 16.3 Å². The summed E-state index contributed by atoms with van der Waals surface area (Å²) in [6.45, 7) is -0.948. The summed E-state index contributed by atoms with van der Waals surface area (Å²) in [5.41, 5.74) is -0.754. The summed E-state index contributed by atoms with van der Waals surface area (Å²) >= 11 is 5.94. The van der Waals surface area contributed by atoms with Crippen molar-refractivity contribution in [3.8, 4) is 0 Å². The Kier molecular flexibility index (Phi) is 8.23. The van der Waals surface area contributed by atoms with Gasteiger partial charge >= 0.3 is 28.3 Å². The molecule has 3 N–H and O–H groups in total. The highest BCUT2D eigenvalue weighted by Crippen LogP contribution is 2.33. The van der Waals surface area contributed by atoms with E-state index in [2.05, 4.69) is 5.32 Å². The van der Waals surface area contributed by atoms with Gasteiger partial charge in [0.15, 0.2) is 6.17 Å². The predicted molar refractivity (Wildman–Crippen MR) is 118 cm³/mol. The first-order valence-corrected chi connectivity index (χ1v) is 12.0. The SMILES string of the molecule is O=C(C[C@H](N[C@H]1C(=O)NS(=O)(=O)N1Cc1cc(C(F)(F)F)ccc1Cl)C(=O)O)OCc1ccccc1. The number of hydrogen-bond donors (Lipinski definition) is 3. The number of amides is 1. The summed E-state index contributed by atoms with van der Waals surface area (Å²) < 4.78 is 71.3. The van der Waals surface area contributed by atoms with E-state index in [9.17, 15) is 41.1 Å². The number of hydrogen-bond acceptors (Lipinski definition) is 7. The molecule has 0 radical (unpaired) electrons. The van der Waals surface area contributed by atoms with Crippen LogP contribution in [0.1, 0.15) is 23.1 Å². The van der Waals surface area contributed by atoms with Crippen molar-refractivity contribution in [2.45, 2.75) is 38.0 Å². The predicted octanol–water partition coefficient (Wildman–Crippen LogP) is 2.04. The number of halogens is 4. The van der Waals surface area contributed by atoms with Crippen LogP contribution in [0.5, 0.6) is 0 Å². The van der Waals surface area contributed by atoms with Gasteiger partial charge in [0.2, 0.25) is 0 Å². The minimum absolute atomic E-state index is 0.148. The van der Waals surface area contributed by atoms with Gasteiger partial charge < -0.3 is 9.84 Å². The topological polar surface area (TPSA) is 142 Å². The normalized spacial score (nSPS) is 18.4. The van der Waals surface area contributed by atoms with Crippen molar-refractivity contribution in [1.29, 1.82) is 0 Å². The lowest BCUT2D eigenvalue weighted by Crippen LogP contribution is -2.53. The number of carbonyl (C=O) groups is 3. The highest BCUT2D eigenvalue weighted by atomic mass is 35.5. The molecule has 2 aromatic carbocycles. The summed E-state index contributed by atoms with van der Waals surface area (Å²) in [4.78, 5) is 36.2. The number of carboxylic acids is 1. The minimum Gasteiger partial charge on any atom is -0.480 e. The summed E-state index contributed by atoms with van der Waals surface area (Å²) in [5, 5.41) is 11.6. The Bertz CT molecular complexity index is 1260. The third kappa shape index (κ3) is 6.72. The maximum absolute atomic E-state index is 13.1. The molecule has 0 aromatic heterocycles. The van der Waals surface area contributed by atoms with Crippen molar-refractivity contribution < 1.29 is 45.8 Å². The molecule has 1 fully saturated rings. The number of carbonyl (C=O) groups excluding carboxylic acids is 2. The fourth-order valence-electron chi connectivity index (χ4n) is 3.26. The van der Waals surface area contributed by atoms with Gasteiger partial charge in [0.05, 0.1) is 12.0 Å². The van der Waals surface area contributed by atoms with Crippen molar-refractivity contribution in [2.75, 3.05) is 0 Å². The molecule has 1 heterocycles. The molecule has 10 nitrogen and oxygen atoms in total. The lowest BCUT2D eigenvalue weighted by Gasteiger charge is -2.24. The molecule has 2 atom stereocenters. The monoisotopic (exact) mass is 549 g/mol. The Morgan fingerprint density at radius 3 is 2.47 bits per heavy atom. The molecule has 194 valence electrons. The first-order valence-electron chi connectivity index (χ1n) is 10.2. The van der Waals surface area contributed by atoms with E-state index >= 15 is 0 Å². The van der Waals surface area contributed by atoms with E-state index in [-0.39, 0.29) is 17.2 Å². The Morgan fingerprint density at radius 2 is 1.86 bits per heavy atom. The molecular weight excluding hydrogens is 531 g/mol. The van der Waals surface area contributed by atoms with Crippen LogP contribution >= 0.6 is 11.6 Å². The second-order valence-corrected chi connectivity index (χ2v) is 9.66. The van der Waals surface area contributed by atoms with Crippen LogP contribution in [0.25, 0.3) is 0 Å². The molecule has 0 bridgehead atoms. The largest absolute Gasteiger partial charge is 0.480 e. The lowest BCUT2D eigenvalue weighted by molar-refractivity contribution is -0.151. The molecule has 15 heteroatoms. The molecular formula is C21H19ClF3N3O7S. The highest BCUT2D eigenvalue weighted by molar-refractivity contribution is 7.88. The first kappa shape index (κ1) is 27.4. The zero-order valence-corrected chi connectivity index (χ0v) is 19.7. The van der Waals surface area contributed by atoms with Crippen LogP contribution in [-0.4, -0.2) is 47.9 Å². The van der Waals surface area contributed by atoms with Gasteiger partial charge in [0, 0.05) is 11.6 Å². The number of carboxylic acid groups (broad SMARTS) is 1. The van der Waals surface area contributed by atoms with Gasteiger partial charge in [-0.15, -0.1) is 0 Å². The molecule has 2 aromatic rings. The van der Waals surface area contributed by atoms with Crippen LogP contribution in [0.2, 0.25) is 5.02 Å². The minimum atomic E-state index is -4.75. The number of nitrogens with one attached hydrogen (secondary N) is 2. The van der Waals surface area contributed by atoms with Crippen LogP contribution in [0.4, 0.5) is 13.2 Å². The van der Waals surface area contributed by atoms with E-state index in [1.54, 1.807) is 35.1 Å². The van der Waals surface area contributed by atoms with Crippen LogP contribution in [0.15, 0.2) is 48.5 Å². The van der Waals surface area contributed by atoms with E-state index in [1.165, 1.54) is 0 Å². The molecule has 1 aliphatic rings. The number of rotatable bonds is 9. The average Bonchev–Trinajstić information content (AvgIpc) is 3.00. The number of ether oxygens (including phenoxy) is 1. The number of aliphatic carboxylic acids is 1. The van der Waals surface area contributed by atoms with Crippen molar-refractivity contribution in [1.82, 2.24) is 14.3 Å². The standard InChI is InChI=1S/C21H19ClF3N3O7S/c22-15-7-6-14(21(23,24)25)8-13(15)10-28-18(19(30)27-36(28,33)34)26-16(20(31)32)9-17(29)35-11-12-4-2-1-3-5-12/h1-8,16,18,26H,9-11H2,(H,27,30)(H,31,32)/t16-,18+/m0/s1. The fraction of sp³-hybridized carbons (Fsp3) is 0.286. The van der Waals surface area contributed by atoms with E-state index < -0.39 is 65.0 Å². The summed E-state index contributed by atoms with van der Waals surface area (Å²) in [6.07, 6.45) is -7.38. The van der Waals surface area contributed by atoms with E-state index in [1.807, 2.05) is 0 Å². The van der Waals surface area contributed by atoms with Gasteiger partial charge in [-0.3, -0.25) is 19.7 Å². The van der Waals surface area contributed by atoms with Gasteiger partial charge in [-0.1, -0.05) is 41.9 Å². The van der Waals surface area contributed by atoms with Gasteiger partial charge in [-0.2, -0.15) is 25.9 Å². The highest BCUT2D eigenvalue weighted by Gasteiger charge is 2.46. The van der Waals surface area contributed by atoms with Crippen molar-refractivity contribution in [2.24, 2.45) is 0 Å². The maximum Gasteiger partial charge on any atom is 0.416 e. The molecule has 0 spiro atoms. The summed E-state index contributed by atoms with van der Waals surface area (Å²) in [5.74, 6) is -3.74. The van der Waals surface area contributed by atoms with Crippen molar-refractivity contribution >= 4 is 39.7 Å². The Labute approximate surface area is 208 Å². The second kappa shape index (κ2) is 10.8. The Morgan fingerprint density at radius 1 is 1.19 bits per heavy atom. The van der Waals surface area contributed by atoms with Gasteiger partial charge in [-0.05, 0) is 29.3 Å². The van der Waals surface area contributed by atoms with Crippen molar-refractivity contribution in [3.05, 3.63) is 70.2 Å². The van der Waals surface area contributed by atoms with Gasteiger partial charge in [-0.25, -0.2) is 4.72 Å². The molecule has 0 unspecified atom stereocenters. The third-order valence-corrected chi connectivity index (χ3v) is 6.83.